The Bertz CT molecular complexity index is 666. The van der Waals surface area contributed by atoms with E-state index in [9.17, 15) is 21.9 Å². The van der Waals surface area contributed by atoms with Crippen molar-refractivity contribution in [1.82, 2.24) is 4.72 Å². The molecule has 1 heterocycles. The molecule has 0 saturated carbocycles. The van der Waals surface area contributed by atoms with Gasteiger partial charge in [-0.3, -0.25) is 0 Å². The minimum atomic E-state index is -3.71. The number of sulfonamides is 1. The fraction of sp³-hybridized carbons (Fsp3) is 0.455. The summed E-state index contributed by atoms with van der Waals surface area (Å²) in [6.45, 7) is 0.0945. The number of aromatic hydroxyl groups is 1. The molecule has 0 aliphatic carbocycles. The zero-order valence-electron chi connectivity index (χ0n) is 10.1. The van der Waals surface area contributed by atoms with E-state index in [2.05, 4.69) is 4.72 Å². The molecule has 1 atom stereocenters. The maximum atomic E-state index is 11.9. The number of phenols is 1. The molecular formula is C11H15NO5S2. The molecular weight excluding hydrogens is 290 g/mol. The van der Waals surface area contributed by atoms with Crippen molar-refractivity contribution in [2.24, 2.45) is 5.92 Å². The first kappa shape index (κ1) is 14.3. The number of rotatable bonds is 4. The second-order valence-electron chi connectivity index (χ2n) is 4.62. The smallest absolute Gasteiger partial charge is 0.240 e. The van der Waals surface area contributed by atoms with E-state index in [1.54, 1.807) is 0 Å². The van der Waals surface area contributed by atoms with E-state index < -0.39 is 19.9 Å². The largest absolute Gasteiger partial charge is 0.508 e. The lowest BCUT2D eigenvalue weighted by atomic mass is 10.1. The molecule has 106 valence electrons. The normalized spacial score (nSPS) is 22.4. The molecule has 19 heavy (non-hydrogen) atoms. The third-order valence-corrected chi connectivity index (χ3v) is 6.27. The number of sulfone groups is 1. The molecule has 0 bridgehead atoms. The predicted octanol–water partition coefficient (Wildman–Crippen LogP) is 0.105. The Kier molecular flexibility index (Phi) is 3.84. The molecule has 0 spiro atoms. The molecule has 8 heteroatoms. The third kappa shape index (κ3) is 3.68. The van der Waals surface area contributed by atoms with Gasteiger partial charge in [0.1, 0.15) is 5.75 Å². The second-order valence-corrected chi connectivity index (χ2v) is 8.61. The predicted molar refractivity (Wildman–Crippen MR) is 70.1 cm³/mol. The van der Waals surface area contributed by atoms with Crippen LogP contribution in [0.2, 0.25) is 0 Å². The van der Waals surface area contributed by atoms with Crippen LogP contribution in [0.4, 0.5) is 0 Å². The Morgan fingerprint density at radius 3 is 2.68 bits per heavy atom. The van der Waals surface area contributed by atoms with Gasteiger partial charge in [0.25, 0.3) is 0 Å². The summed E-state index contributed by atoms with van der Waals surface area (Å²) in [7, 11) is -6.72. The molecule has 0 radical (unpaired) electrons. The molecule has 1 aliphatic heterocycles. The summed E-state index contributed by atoms with van der Waals surface area (Å²) < 4.78 is 48.8. The van der Waals surface area contributed by atoms with Gasteiger partial charge in [-0.15, -0.1) is 0 Å². The van der Waals surface area contributed by atoms with E-state index in [1.165, 1.54) is 18.2 Å². The van der Waals surface area contributed by atoms with Crippen molar-refractivity contribution in [2.75, 3.05) is 18.1 Å². The molecule has 2 rings (SSSR count). The second kappa shape index (κ2) is 5.10. The molecule has 1 aromatic carbocycles. The lowest BCUT2D eigenvalue weighted by Crippen LogP contribution is -2.29. The van der Waals surface area contributed by atoms with Gasteiger partial charge in [0.15, 0.2) is 9.84 Å². The third-order valence-electron chi connectivity index (χ3n) is 3.02. The van der Waals surface area contributed by atoms with Crippen molar-refractivity contribution >= 4 is 19.9 Å². The van der Waals surface area contributed by atoms with Crippen LogP contribution in [0.3, 0.4) is 0 Å². The number of nitrogens with one attached hydrogen (secondary N) is 1. The molecule has 1 fully saturated rings. The maximum absolute atomic E-state index is 11.9. The Morgan fingerprint density at radius 2 is 2.11 bits per heavy atom. The number of phenolic OH excluding ortho intramolecular Hbond substituents is 1. The highest BCUT2D eigenvalue weighted by atomic mass is 32.2. The van der Waals surface area contributed by atoms with E-state index >= 15 is 0 Å². The van der Waals surface area contributed by atoms with Crippen LogP contribution in [0.25, 0.3) is 0 Å². The topological polar surface area (TPSA) is 101 Å². The van der Waals surface area contributed by atoms with Gasteiger partial charge in [-0.2, -0.15) is 0 Å². The van der Waals surface area contributed by atoms with Crippen LogP contribution in [0.1, 0.15) is 6.42 Å². The first-order chi connectivity index (χ1) is 8.78. The van der Waals surface area contributed by atoms with Crippen LogP contribution in [0.15, 0.2) is 29.2 Å². The number of hydrogen-bond donors (Lipinski definition) is 2. The average Bonchev–Trinajstić information content (AvgIpc) is 2.67. The van der Waals surface area contributed by atoms with E-state index in [0.717, 1.165) is 6.07 Å². The molecule has 1 aliphatic rings. The Hall–Kier alpha value is -1.12. The van der Waals surface area contributed by atoms with Crippen molar-refractivity contribution in [3.05, 3.63) is 24.3 Å². The van der Waals surface area contributed by atoms with Gasteiger partial charge in [0.2, 0.25) is 10.0 Å². The summed E-state index contributed by atoms with van der Waals surface area (Å²) in [4.78, 5) is -0.0339. The monoisotopic (exact) mass is 305 g/mol. The summed E-state index contributed by atoms with van der Waals surface area (Å²) in [6.07, 6.45) is 0.477. The fourth-order valence-electron chi connectivity index (χ4n) is 1.99. The first-order valence-electron chi connectivity index (χ1n) is 5.78. The first-order valence-corrected chi connectivity index (χ1v) is 9.08. The van der Waals surface area contributed by atoms with Gasteiger partial charge >= 0.3 is 0 Å². The van der Waals surface area contributed by atoms with Crippen LogP contribution in [0.5, 0.6) is 5.75 Å². The summed E-state index contributed by atoms with van der Waals surface area (Å²) >= 11 is 0. The van der Waals surface area contributed by atoms with Gasteiger partial charge in [-0.25, -0.2) is 21.6 Å². The standard InChI is InChI=1S/C11H15NO5S2/c13-10-2-1-3-11(6-10)19(16,17)12-7-9-4-5-18(14,15)8-9/h1-3,6,9,12-13H,4-5,7-8H2. The van der Waals surface area contributed by atoms with Crippen molar-refractivity contribution < 1.29 is 21.9 Å². The van der Waals surface area contributed by atoms with Gasteiger partial charge in [0, 0.05) is 6.54 Å². The van der Waals surface area contributed by atoms with Crippen molar-refractivity contribution in [3.63, 3.8) is 0 Å². The quantitative estimate of drug-likeness (QED) is 0.822. The van der Waals surface area contributed by atoms with Gasteiger partial charge in [-0.05, 0) is 30.5 Å². The summed E-state index contributed by atoms with van der Waals surface area (Å²) in [5.74, 6) is -0.176. The molecule has 6 nitrogen and oxygen atoms in total. The molecule has 1 aromatic rings. The lowest BCUT2D eigenvalue weighted by Gasteiger charge is -2.10. The summed E-state index contributed by atoms with van der Waals surface area (Å²) in [5.41, 5.74) is 0. The Morgan fingerprint density at radius 1 is 1.37 bits per heavy atom. The molecule has 0 aromatic heterocycles. The molecule has 2 N–H and O–H groups in total. The van der Waals surface area contributed by atoms with Crippen molar-refractivity contribution in [2.45, 2.75) is 11.3 Å². The van der Waals surface area contributed by atoms with E-state index in [-0.39, 0.29) is 34.6 Å². The SMILES string of the molecule is O=S1(=O)CCC(CNS(=O)(=O)c2cccc(O)c2)C1. The van der Waals surface area contributed by atoms with Gasteiger partial charge in [-0.1, -0.05) is 6.07 Å². The lowest BCUT2D eigenvalue weighted by molar-refractivity contribution is 0.473. The maximum Gasteiger partial charge on any atom is 0.240 e. The minimum absolute atomic E-state index is 0.0234. The summed E-state index contributed by atoms with van der Waals surface area (Å²) in [5, 5.41) is 9.25. The number of benzene rings is 1. The van der Waals surface area contributed by atoms with Crippen LogP contribution in [0, 0.1) is 5.92 Å². The fourth-order valence-corrected chi connectivity index (χ4v) is 5.01. The highest BCUT2D eigenvalue weighted by molar-refractivity contribution is 7.91. The summed E-state index contributed by atoms with van der Waals surface area (Å²) in [6, 6.07) is 5.33. The molecule has 1 unspecified atom stereocenters. The minimum Gasteiger partial charge on any atom is -0.508 e. The molecule has 0 amide bonds. The van der Waals surface area contributed by atoms with Crippen LogP contribution >= 0.6 is 0 Å². The number of hydrogen-bond acceptors (Lipinski definition) is 5. The van der Waals surface area contributed by atoms with Crippen LogP contribution in [-0.4, -0.2) is 40.0 Å². The highest BCUT2D eigenvalue weighted by Gasteiger charge is 2.29. The van der Waals surface area contributed by atoms with E-state index in [4.69, 9.17) is 0 Å². The zero-order chi connectivity index (χ0) is 14.1. The zero-order valence-corrected chi connectivity index (χ0v) is 11.7. The van der Waals surface area contributed by atoms with E-state index in [1.807, 2.05) is 0 Å². The van der Waals surface area contributed by atoms with Gasteiger partial charge < -0.3 is 5.11 Å². The van der Waals surface area contributed by atoms with Crippen LogP contribution in [-0.2, 0) is 19.9 Å². The van der Waals surface area contributed by atoms with Crippen LogP contribution < -0.4 is 4.72 Å². The average molecular weight is 305 g/mol. The Labute approximate surface area is 112 Å². The Balaban J connectivity index is 2.03. The molecule has 1 saturated heterocycles. The van der Waals surface area contributed by atoms with E-state index in [0.29, 0.717) is 6.42 Å². The van der Waals surface area contributed by atoms with Gasteiger partial charge in [0.05, 0.1) is 16.4 Å². The van der Waals surface area contributed by atoms with Crippen molar-refractivity contribution in [3.8, 4) is 5.75 Å². The highest BCUT2D eigenvalue weighted by Crippen LogP contribution is 2.19. The van der Waals surface area contributed by atoms with Crippen molar-refractivity contribution in [1.29, 1.82) is 0 Å².